The van der Waals surface area contributed by atoms with E-state index in [1.54, 1.807) is 0 Å². The van der Waals surface area contributed by atoms with Crippen LogP contribution in [0.15, 0.2) is 200 Å². The Kier molecular flexibility index (Phi) is 7.42. The molecule has 0 amide bonds. The van der Waals surface area contributed by atoms with E-state index in [9.17, 15) is 0 Å². The summed E-state index contributed by atoms with van der Waals surface area (Å²) in [5.41, 5.74) is 14.8. The quantitative estimate of drug-likeness (QED) is 0.172. The van der Waals surface area contributed by atoms with Crippen LogP contribution in [0, 0.1) is 0 Å². The molecule has 0 bridgehead atoms. The molecular formula is C51H33N5. The SMILES string of the molecule is c1ccc(-c2cc(-c3cccc(-n4c5ccccc5c5c(-c6ccc7c8cccnc8n(-c8ccccc8)c7c6)cccc54)c3)cc(-c3ccccn3)n2)cc1. The Morgan fingerprint density at radius 1 is 0.339 bits per heavy atom. The second-order valence-electron chi connectivity index (χ2n) is 14.1. The summed E-state index contributed by atoms with van der Waals surface area (Å²) < 4.78 is 4.69. The minimum atomic E-state index is 0.841. The first-order valence-corrected chi connectivity index (χ1v) is 18.9. The van der Waals surface area contributed by atoms with Crippen molar-refractivity contribution in [1.29, 1.82) is 0 Å². The van der Waals surface area contributed by atoms with Gasteiger partial charge in [-0.05, 0) is 101 Å². The number of fused-ring (bicyclic) bond motifs is 6. The van der Waals surface area contributed by atoms with Gasteiger partial charge in [0.1, 0.15) is 5.65 Å². The highest BCUT2D eigenvalue weighted by atomic mass is 15.0. The van der Waals surface area contributed by atoms with Gasteiger partial charge in [-0.3, -0.25) is 9.55 Å². The topological polar surface area (TPSA) is 48.5 Å². The molecule has 0 saturated carbocycles. The van der Waals surface area contributed by atoms with Crippen LogP contribution < -0.4 is 0 Å². The fraction of sp³-hybridized carbons (Fsp3) is 0. The Morgan fingerprint density at radius 2 is 1.05 bits per heavy atom. The minimum Gasteiger partial charge on any atom is -0.309 e. The third-order valence-corrected chi connectivity index (χ3v) is 10.8. The van der Waals surface area contributed by atoms with Gasteiger partial charge in [-0.2, -0.15) is 0 Å². The third kappa shape index (κ3) is 5.21. The van der Waals surface area contributed by atoms with E-state index in [0.29, 0.717) is 0 Å². The lowest BCUT2D eigenvalue weighted by molar-refractivity contribution is 1.14. The molecular weight excluding hydrogens is 683 g/mol. The van der Waals surface area contributed by atoms with Crippen molar-refractivity contribution in [2.24, 2.45) is 0 Å². The summed E-state index contributed by atoms with van der Waals surface area (Å²) in [5, 5.41) is 4.76. The Bertz CT molecular complexity index is 3180. The maximum atomic E-state index is 5.07. The maximum Gasteiger partial charge on any atom is 0.145 e. The number of hydrogen-bond acceptors (Lipinski definition) is 3. The number of nitrogens with zero attached hydrogens (tertiary/aromatic N) is 5. The average Bonchev–Trinajstić information content (AvgIpc) is 3.80. The van der Waals surface area contributed by atoms with Gasteiger partial charge in [-0.25, -0.2) is 9.97 Å². The van der Waals surface area contributed by atoms with Crippen molar-refractivity contribution in [3.05, 3.63) is 200 Å². The lowest BCUT2D eigenvalue weighted by Gasteiger charge is -2.13. The number of aromatic nitrogens is 5. The van der Waals surface area contributed by atoms with E-state index < -0.39 is 0 Å². The number of pyridine rings is 3. The smallest absolute Gasteiger partial charge is 0.145 e. The normalized spacial score (nSPS) is 11.6. The third-order valence-electron chi connectivity index (χ3n) is 10.8. The second-order valence-corrected chi connectivity index (χ2v) is 14.1. The van der Waals surface area contributed by atoms with Crippen LogP contribution in [0.3, 0.4) is 0 Å². The molecule has 0 radical (unpaired) electrons. The highest BCUT2D eigenvalue weighted by Crippen LogP contribution is 2.41. The van der Waals surface area contributed by atoms with E-state index >= 15 is 0 Å². The van der Waals surface area contributed by atoms with Crippen molar-refractivity contribution in [3.63, 3.8) is 0 Å². The van der Waals surface area contributed by atoms with Crippen LogP contribution in [0.1, 0.15) is 0 Å². The molecule has 0 N–H and O–H groups in total. The second kappa shape index (κ2) is 13.0. The molecule has 6 aromatic carbocycles. The zero-order chi connectivity index (χ0) is 37.0. The van der Waals surface area contributed by atoms with Crippen LogP contribution in [-0.2, 0) is 0 Å². The van der Waals surface area contributed by atoms with Crippen LogP contribution >= 0.6 is 0 Å². The van der Waals surface area contributed by atoms with Gasteiger partial charge < -0.3 is 4.57 Å². The molecule has 0 aliphatic heterocycles. The monoisotopic (exact) mass is 715 g/mol. The molecule has 0 atom stereocenters. The maximum absolute atomic E-state index is 5.07. The van der Waals surface area contributed by atoms with Gasteiger partial charge in [-0.15, -0.1) is 0 Å². The van der Waals surface area contributed by atoms with Crippen molar-refractivity contribution in [1.82, 2.24) is 24.1 Å². The minimum absolute atomic E-state index is 0.841. The molecule has 0 unspecified atom stereocenters. The molecule has 0 spiro atoms. The number of benzene rings is 6. The molecule has 0 aliphatic rings. The van der Waals surface area contributed by atoms with E-state index in [1.165, 1.54) is 21.7 Å². The fourth-order valence-corrected chi connectivity index (χ4v) is 8.31. The van der Waals surface area contributed by atoms with Crippen LogP contribution in [0.25, 0.3) is 100 Å². The van der Waals surface area contributed by atoms with E-state index in [0.717, 1.165) is 78.3 Å². The average molecular weight is 716 g/mol. The molecule has 0 fully saturated rings. The molecule has 5 heterocycles. The first-order valence-electron chi connectivity index (χ1n) is 18.9. The molecule has 0 aliphatic carbocycles. The van der Waals surface area contributed by atoms with Crippen LogP contribution in [0.4, 0.5) is 0 Å². The zero-order valence-electron chi connectivity index (χ0n) is 30.3. The van der Waals surface area contributed by atoms with Crippen molar-refractivity contribution in [2.45, 2.75) is 0 Å². The number of rotatable bonds is 6. The van der Waals surface area contributed by atoms with E-state index in [-0.39, 0.29) is 0 Å². The molecule has 5 aromatic heterocycles. The summed E-state index contributed by atoms with van der Waals surface area (Å²) in [6.07, 6.45) is 3.70. The van der Waals surface area contributed by atoms with Crippen molar-refractivity contribution < 1.29 is 0 Å². The van der Waals surface area contributed by atoms with Crippen LogP contribution in [0.5, 0.6) is 0 Å². The molecule has 5 heteroatoms. The van der Waals surface area contributed by atoms with Crippen LogP contribution in [0.2, 0.25) is 0 Å². The molecule has 5 nitrogen and oxygen atoms in total. The van der Waals surface area contributed by atoms with Crippen molar-refractivity contribution >= 4 is 43.7 Å². The van der Waals surface area contributed by atoms with Gasteiger partial charge in [0.2, 0.25) is 0 Å². The predicted octanol–water partition coefficient (Wildman–Crippen LogP) is 12.7. The first-order chi connectivity index (χ1) is 27.8. The Labute approximate surface area is 323 Å². The summed E-state index contributed by atoms with van der Waals surface area (Å²) in [7, 11) is 0. The zero-order valence-corrected chi connectivity index (χ0v) is 30.3. The Balaban J connectivity index is 1.10. The van der Waals surface area contributed by atoms with Gasteiger partial charge in [0, 0.05) is 50.9 Å². The fourth-order valence-electron chi connectivity index (χ4n) is 8.31. The number of hydrogen-bond donors (Lipinski definition) is 0. The number of para-hydroxylation sites is 2. The highest BCUT2D eigenvalue weighted by molar-refractivity contribution is 6.17. The molecule has 262 valence electrons. The summed E-state index contributed by atoms with van der Waals surface area (Å²) >= 11 is 0. The van der Waals surface area contributed by atoms with Crippen molar-refractivity contribution in [2.75, 3.05) is 0 Å². The van der Waals surface area contributed by atoms with Crippen LogP contribution in [-0.4, -0.2) is 24.1 Å². The molecule has 11 aromatic rings. The van der Waals surface area contributed by atoms with E-state index in [2.05, 4.69) is 172 Å². The van der Waals surface area contributed by atoms with Crippen molar-refractivity contribution in [3.8, 4) is 56.3 Å². The standard InChI is InChI=1S/C51H33N5/c1-3-14-34(15-4-1)45-31-37(32-46(54-45)44-23-9-10-28-52-44)35-16-11-19-39(30-35)55-47-24-8-7-20-43(47)50-40(21-12-25-48(50)55)36-26-27-41-42-22-13-29-53-51(42)56(49(41)33-36)38-17-5-2-6-18-38/h1-33H. The van der Waals surface area contributed by atoms with Gasteiger partial charge in [-0.1, -0.05) is 109 Å². The summed E-state index contributed by atoms with van der Waals surface area (Å²) in [6, 6.07) is 66.5. The highest BCUT2D eigenvalue weighted by Gasteiger charge is 2.19. The van der Waals surface area contributed by atoms with E-state index in [4.69, 9.17) is 9.97 Å². The lowest BCUT2D eigenvalue weighted by Crippen LogP contribution is -1.96. The lowest BCUT2D eigenvalue weighted by atomic mass is 9.98. The largest absolute Gasteiger partial charge is 0.309 e. The molecule has 11 rings (SSSR count). The van der Waals surface area contributed by atoms with Gasteiger partial charge in [0.05, 0.1) is 33.6 Å². The van der Waals surface area contributed by atoms with E-state index in [1.807, 2.05) is 42.7 Å². The van der Waals surface area contributed by atoms with Gasteiger partial charge in [0.15, 0.2) is 0 Å². The summed E-state index contributed by atoms with van der Waals surface area (Å²) in [6.45, 7) is 0. The van der Waals surface area contributed by atoms with Gasteiger partial charge >= 0.3 is 0 Å². The summed E-state index contributed by atoms with van der Waals surface area (Å²) in [5.74, 6) is 0. The first kappa shape index (κ1) is 31.9. The summed E-state index contributed by atoms with van der Waals surface area (Å²) in [4.78, 5) is 14.6. The Morgan fingerprint density at radius 3 is 1.93 bits per heavy atom. The molecule has 0 saturated heterocycles. The van der Waals surface area contributed by atoms with Gasteiger partial charge in [0.25, 0.3) is 0 Å². The Hall–Kier alpha value is -7.63. The molecule has 56 heavy (non-hydrogen) atoms. The predicted molar refractivity (Wildman–Crippen MR) is 230 cm³/mol.